The van der Waals surface area contributed by atoms with Crippen LogP contribution in [0.25, 0.3) is 10.9 Å². The average Bonchev–Trinajstić information content (AvgIpc) is 3.61. The van der Waals surface area contributed by atoms with Gasteiger partial charge in [0.2, 0.25) is 23.6 Å². The first-order valence-corrected chi connectivity index (χ1v) is 13.5. The van der Waals surface area contributed by atoms with Crippen molar-refractivity contribution in [2.45, 2.75) is 62.7 Å². The van der Waals surface area contributed by atoms with Crippen LogP contribution >= 0.6 is 0 Å². The summed E-state index contributed by atoms with van der Waals surface area (Å²) >= 11 is 0. The number of rotatable bonds is 17. The zero-order chi connectivity index (χ0) is 30.6. The lowest BCUT2D eigenvalue weighted by molar-refractivity contribution is -0.143. The van der Waals surface area contributed by atoms with Gasteiger partial charge in [0.25, 0.3) is 0 Å². The fourth-order valence-corrected chi connectivity index (χ4v) is 4.44. The van der Waals surface area contributed by atoms with Gasteiger partial charge >= 0.3 is 5.97 Å². The van der Waals surface area contributed by atoms with Gasteiger partial charge in [-0.15, -0.1) is 0 Å². The van der Waals surface area contributed by atoms with Crippen LogP contribution in [0.2, 0.25) is 0 Å². The third kappa shape index (κ3) is 9.14. The van der Waals surface area contributed by atoms with Gasteiger partial charge in [0, 0.05) is 41.8 Å². The molecule has 0 aliphatic rings. The number of imidazole rings is 1. The third-order valence-corrected chi connectivity index (χ3v) is 6.66. The number of nitrogens with one attached hydrogen (secondary N) is 5. The van der Waals surface area contributed by atoms with E-state index < -0.39 is 60.2 Å². The molecule has 12 N–H and O–H groups in total. The summed E-state index contributed by atoms with van der Waals surface area (Å²) in [4.78, 5) is 72.7. The summed E-state index contributed by atoms with van der Waals surface area (Å²) in [6, 6.07) is 2.42. The first-order chi connectivity index (χ1) is 20.1. The van der Waals surface area contributed by atoms with Crippen molar-refractivity contribution >= 4 is 40.5 Å². The largest absolute Gasteiger partial charge is 0.480 e. The van der Waals surface area contributed by atoms with Crippen molar-refractivity contribution in [2.75, 3.05) is 6.54 Å². The number of carbonyl (C=O) groups is 5. The minimum atomic E-state index is -1.60. The number of aromatic amines is 2. The Morgan fingerprint density at radius 3 is 2.26 bits per heavy atom. The van der Waals surface area contributed by atoms with Crippen LogP contribution in [0.4, 0.5) is 0 Å². The molecule has 3 aromatic rings. The number of fused-ring (bicyclic) bond motifs is 1. The summed E-state index contributed by atoms with van der Waals surface area (Å²) in [7, 11) is 0. The number of nitrogens with two attached hydrogens (primary N) is 3. The van der Waals surface area contributed by atoms with Gasteiger partial charge in [-0.25, -0.2) is 9.78 Å². The number of H-pyrrole nitrogens is 2. The van der Waals surface area contributed by atoms with E-state index in [1.165, 1.54) is 12.5 Å². The number of carboxylic acid groups (broad SMARTS) is 1. The molecule has 4 amide bonds. The van der Waals surface area contributed by atoms with Gasteiger partial charge in [0.05, 0.1) is 18.8 Å². The van der Waals surface area contributed by atoms with Crippen LogP contribution in [-0.4, -0.2) is 80.4 Å². The van der Waals surface area contributed by atoms with Crippen molar-refractivity contribution in [1.82, 2.24) is 30.9 Å². The Labute approximate surface area is 241 Å². The Hall–Kier alpha value is -4.76. The number of carbonyl (C=O) groups excluding carboxylic acids is 4. The van der Waals surface area contributed by atoms with Crippen molar-refractivity contribution < 1.29 is 29.1 Å². The van der Waals surface area contributed by atoms with Gasteiger partial charge in [-0.1, -0.05) is 18.2 Å². The van der Waals surface area contributed by atoms with Crippen LogP contribution in [0.5, 0.6) is 0 Å². The quantitative estimate of drug-likeness (QED) is 0.0840. The molecular formula is C27H37N9O6. The maximum atomic E-state index is 13.5. The van der Waals surface area contributed by atoms with Crippen molar-refractivity contribution in [2.24, 2.45) is 17.2 Å². The van der Waals surface area contributed by atoms with Crippen molar-refractivity contribution in [3.05, 3.63) is 54.2 Å². The Bertz CT molecular complexity index is 1370. The van der Waals surface area contributed by atoms with Crippen LogP contribution in [0.1, 0.15) is 36.9 Å². The SMILES string of the molecule is NCCCCC(NC(=O)C(N)Cc1cnc[nH]1)C(=O)NC(Cc1c[nH]c2ccccc12)C(=O)NC(CC(N)=O)C(=O)O. The highest BCUT2D eigenvalue weighted by Gasteiger charge is 2.31. The van der Waals surface area contributed by atoms with Crippen molar-refractivity contribution in [3.63, 3.8) is 0 Å². The molecule has 15 heteroatoms. The number of primary amides is 1. The number of aromatic nitrogens is 3. The molecule has 2 aromatic heterocycles. The molecule has 3 rings (SSSR count). The van der Waals surface area contributed by atoms with E-state index in [-0.39, 0.29) is 19.3 Å². The molecular weight excluding hydrogens is 546 g/mol. The second-order valence-corrected chi connectivity index (χ2v) is 9.93. The second-order valence-electron chi connectivity index (χ2n) is 9.93. The van der Waals surface area contributed by atoms with Gasteiger partial charge in [0.1, 0.15) is 18.1 Å². The van der Waals surface area contributed by atoms with E-state index in [0.29, 0.717) is 30.6 Å². The standard InChI is InChI=1S/C27H37N9O6/c28-8-4-3-7-20(34-24(38)18(29)10-16-13-31-14-33-16)25(39)35-21(26(40)36-22(27(41)42)11-23(30)37)9-15-12-32-19-6-2-1-5-17(15)19/h1-2,5-6,12-14,18,20-22,32H,3-4,7-11,28-29H2,(H2,30,37)(H,31,33)(H,34,38)(H,35,39)(H,36,40)(H,41,42). The maximum Gasteiger partial charge on any atom is 0.326 e. The van der Waals surface area contributed by atoms with Crippen LogP contribution in [0, 0.1) is 0 Å². The molecule has 0 aliphatic heterocycles. The molecule has 4 atom stereocenters. The fraction of sp³-hybridized carbons (Fsp3) is 0.407. The van der Waals surface area contributed by atoms with Crippen LogP contribution in [-0.2, 0) is 36.8 Å². The minimum absolute atomic E-state index is 0.0205. The molecule has 0 fully saturated rings. The number of para-hydroxylation sites is 1. The normalized spacial score (nSPS) is 14.0. The number of aliphatic carboxylic acids is 1. The molecule has 4 unspecified atom stereocenters. The van der Waals surface area contributed by atoms with E-state index in [1.807, 2.05) is 24.3 Å². The molecule has 0 saturated heterocycles. The summed E-state index contributed by atoms with van der Waals surface area (Å²) in [6.07, 6.45) is 5.49. The maximum absolute atomic E-state index is 13.5. The van der Waals surface area contributed by atoms with Gasteiger partial charge < -0.3 is 48.2 Å². The lowest BCUT2D eigenvalue weighted by Crippen LogP contribution is -2.58. The number of hydrogen-bond donors (Lipinski definition) is 9. The molecule has 0 aliphatic carbocycles. The first-order valence-electron chi connectivity index (χ1n) is 13.5. The zero-order valence-corrected chi connectivity index (χ0v) is 23.0. The Morgan fingerprint density at radius 2 is 1.60 bits per heavy atom. The topological polar surface area (TPSA) is 264 Å². The van der Waals surface area contributed by atoms with E-state index in [9.17, 15) is 29.1 Å². The number of carboxylic acids is 1. The summed E-state index contributed by atoms with van der Waals surface area (Å²) in [5, 5.41) is 17.9. The van der Waals surface area contributed by atoms with E-state index in [2.05, 4.69) is 30.9 Å². The number of hydrogen-bond acceptors (Lipinski definition) is 8. The van der Waals surface area contributed by atoms with E-state index in [0.717, 1.165) is 10.9 Å². The molecule has 15 nitrogen and oxygen atoms in total. The smallest absolute Gasteiger partial charge is 0.326 e. The Kier molecular flexibility index (Phi) is 11.6. The predicted molar refractivity (Wildman–Crippen MR) is 152 cm³/mol. The number of nitrogens with zero attached hydrogens (tertiary/aromatic N) is 1. The summed E-state index contributed by atoms with van der Waals surface area (Å²) in [6.45, 7) is 0.379. The summed E-state index contributed by atoms with van der Waals surface area (Å²) in [5.74, 6) is -4.48. The number of benzene rings is 1. The first kappa shape index (κ1) is 31.8. The number of unbranched alkanes of at least 4 members (excludes halogenated alkanes) is 1. The van der Waals surface area contributed by atoms with Crippen LogP contribution in [0.15, 0.2) is 43.0 Å². The van der Waals surface area contributed by atoms with E-state index in [1.54, 1.807) is 6.20 Å². The van der Waals surface area contributed by atoms with Crippen molar-refractivity contribution in [1.29, 1.82) is 0 Å². The number of amides is 4. The average molecular weight is 584 g/mol. The molecule has 0 radical (unpaired) electrons. The van der Waals surface area contributed by atoms with E-state index >= 15 is 0 Å². The molecule has 42 heavy (non-hydrogen) atoms. The minimum Gasteiger partial charge on any atom is -0.480 e. The highest BCUT2D eigenvalue weighted by atomic mass is 16.4. The Morgan fingerprint density at radius 1 is 0.905 bits per heavy atom. The summed E-state index contributed by atoms with van der Waals surface area (Å²) in [5.41, 5.74) is 18.9. The van der Waals surface area contributed by atoms with E-state index in [4.69, 9.17) is 17.2 Å². The van der Waals surface area contributed by atoms with Gasteiger partial charge in [-0.05, 0) is 37.4 Å². The second kappa shape index (κ2) is 15.3. The lowest BCUT2D eigenvalue weighted by Gasteiger charge is -2.25. The molecule has 0 saturated carbocycles. The fourth-order valence-electron chi connectivity index (χ4n) is 4.44. The third-order valence-electron chi connectivity index (χ3n) is 6.66. The molecule has 1 aromatic carbocycles. The van der Waals surface area contributed by atoms with Gasteiger partial charge in [-0.3, -0.25) is 19.2 Å². The highest BCUT2D eigenvalue weighted by molar-refractivity contribution is 5.95. The lowest BCUT2D eigenvalue weighted by atomic mass is 10.0. The highest BCUT2D eigenvalue weighted by Crippen LogP contribution is 2.19. The van der Waals surface area contributed by atoms with Gasteiger partial charge in [0.15, 0.2) is 0 Å². The van der Waals surface area contributed by atoms with Crippen LogP contribution in [0.3, 0.4) is 0 Å². The molecule has 2 heterocycles. The Balaban J connectivity index is 1.82. The predicted octanol–water partition coefficient (Wildman–Crippen LogP) is -1.45. The zero-order valence-electron chi connectivity index (χ0n) is 23.0. The van der Waals surface area contributed by atoms with Gasteiger partial charge in [-0.2, -0.15) is 0 Å². The molecule has 0 spiro atoms. The van der Waals surface area contributed by atoms with Crippen molar-refractivity contribution in [3.8, 4) is 0 Å². The molecule has 226 valence electrons. The summed E-state index contributed by atoms with van der Waals surface area (Å²) < 4.78 is 0. The monoisotopic (exact) mass is 583 g/mol. The van der Waals surface area contributed by atoms with Crippen LogP contribution < -0.4 is 33.2 Å². The molecule has 0 bridgehead atoms.